The van der Waals surface area contributed by atoms with Gasteiger partial charge in [-0.2, -0.15) is 0 Å². The van der Waals surface area contributed by atoms with E-state index in [2.05, 4.69) is 31.4 Å². The smallest absolute Gasteiger partial charge is 0.317 e. The van der Waals surface area contributed by atoms with Crippen LogP contribution < -0.4 is 16.0 Å². The van der Waals surface area contributed by atoms with Crippen LogP contribution in [0.5, 0.6) is 0 Å². The molecule has 2 aromatic rings. The van der Waals surface area contributed by atoms with Gasteiger partial charge in [-0.25, -0.2) is 13.8 Å². The first kappa shape index (κ1) is 18.0. The molecule has 1 aliphatic heterocycles. The van der Waals surface area contributed by atoms with Crippen LogP contribution >= 0.6 is 0 Å². The van der Waals surface area contributed by atoms with Gasteiger partial charge in [0.25, 0.3) is 0 Å². The van der Waals surface area contributed by atoms with Crippen molar-refractivity contribution in [1.82, 2.24) is 25.8 Å². The van der Waals surface area contributed by atoms with Gasteiger partial charge in [-0.15, -0.1) is 0 Å². The minimum absolute atomic E-state index is 0.0680. The fourth-order valence-corrected chi connectivity index (χ4v) is 3.57. The number of hydrogen-bond acceptors (Lipinski definition) is 7. The average molecular weight is 389 g/mol. The lowest BCUT2D eigenvalue weighted by atomic mass is 10.1. The van der Waals surface area contributed by atoms with Crippen molar-refractivity contribution in [2.75, 3.05) is 25.5 Å². The van der Waals surface area contributed by atoms with Gasteiger partial charge in [0.2, 0.25) is 5.82 Å². The third-order valence-electron chi connectivity index (χ3n) is 4.99. The third-order valence-corrected chi connectivity index (χ3v) is 4.99. The lowest BCUT2D eigenvalue weighted by molar-refractivity contribution is 0.226. The zero-order valence-electron chi connectivity index (χ0n) is 15.1. The highest BCUT2D eigenvalue weighted by Gasteiger charge is 2.29. The number of anilines is 1. The maximum atomic E-state index is 13.6. The number of benzene rings is 1. The molecule has 4 rings (SSSR count). The van der Waals surface area contributed by atoms with E-state index in [-0.39, 0.29) is 41.3 Å². The zero-order valence-corrected chi connectivity index (χ0v) is 15.1. The van der Waals surface area contributed by atoms with Gasteiger partial charge in [0, 0.05) is 20.1 Å². The number of carbonyl (C=O) groups is 1. The van der Waals surface area contributed by atoms with E-state index in [1.165, 1.54) is 12.1 Å². The summed E-state index contributed by atoms with van der Waals surface area (Å²) < 4.78 is 18.4. The standard InChI is InChI=1S/C17H20FN7O3/c1-25-8-11(20-17(25)26)7-19-15-14(23-28-24-15)16(22-27)21-13-5-3-9-2-4-10(18)6-12(9)13/h2,4,6,11,13,27H,3,5,7-8H2,1H3,(H,19,24)(H,20,26)(H,21,22). The number of halogens is 1. The van der Waals surface area contributed by atoms with E-state index in [0.29, 0.717) is 13.1 Å². The molecule has 10 nitrogen and oxygen atoms in total. The number of amidine groups is 1. The summed E-state index contributed by atoms with van der Waals surface area (Å²) in [6.07, 6.45) is 1.52. The van der Waals surface area contributed by atoms with Crippen molar-refractivity contribution >= 4 is 17.7 Å². The van der Waals surface area contributed by atoms with Crippen LogP contribution in [0, 0.1) is 5.82 Å². The Morgan fingerprint density at radius 1 is 1.50 bits per heavy atom. The van der Waals surface area contributed by atoms with Gasteiger partial charge >= 0.3 is 6.03 Å². The number of oxime groups is 1. The summed E-state index contributed by atoms with van der Waals surface area (Å²) in [6.45, 7) is 0.948. The Morgan fingerprint density at radius 2 is 2.36 bits per heavy atom. The minimum Gasteiger partial charge on any atom is -0.409 e. The van der Waals surface area contributed by atoms with E-state index in [1.54, 1.807) is 18.0 Å². The minimum atomic E-state index is -0.316. The lowest BCUT2D eigenvalue weighted by Gasteiger charge is -2.16. The molecule has 0 saturated carbocycles. The molecular weight excluding hydrogens is 369 g/mol. The van der Waals surface area contributed by atoms with Gasteiger partial charge in [0.15, 0.2) is 11.5 Å². The number of fused-ring (bicyclic) bond motifs is 1. The quantitative estimate of drug-likeness (QED) is 0.260. The first-order valence-electron chi connectivity index (χ1n) is 8.90. The Morgan fingerprint density at radius 3 is 3.11 bits per heavy atom. The molecule has 2 aliphatic rings. The Labute approximate surface area is 159 Å². The topological polar surface area (TPSA) is 128 Å². The average Bonchev–Trinajstić information content (AvgIpc) is 3.38. The van der Waals surface area contributed by atoms with Crippen molar-refractivity contribution < 1.29 is 19.0 Å². The van der Waals surface area contributed by atoms with E-state index in [1.807, 2.05) is 0 Å². The highest BCUT2D eigenvalue weighted by Crippen LogP contribution is 2.32. The van der Waals surface area contributed by atoms with E-state index in [4.69, 9.17) is 4.63 Å². The molecule has 148 valence electrons. The Hall–Kier alpha value is -3.37. The molecule has 1 aliphatic carbocycles. The van der Waals surface area contributed by atoms with Crippen LogP contribution in [0.15, 0.2) is 28.0 Å². The molecule has 2 heterocycles. The molecule has 0 radical (unpaired) electrons. The second kappa shape index (κ2) is 7.33. The number of likely N-dealkylation sites (N-methyl/N-ethyl adjacent to an activating group) is 1. The lowest BCUT2D eigenvalue weighted by Crippen LogP contribution is -2.34. The van der Waals surface area contributed by atoms with Crippen molar-refractivity contribution in [2.24, 2.45) is 5.16 Å². The molecule has 1 saturated heterocycles. The van der Waals surface area contributed by atoms with Crippen LogP contribution in [-0.2, 0) is 6.42 Å². The van der Waals surface area contributed by atoms with Crippen LogP contribution in [0.25, 0.3) is 0 Å². The zero-order chi connectivity index (χ0) is 19.7. The van der Waals surface area contributed by atoms with Gasteiger partial charge in [0.1, 0.15) is 5.82 Å². The molecule has 2 atom stereocenters. The first-order chi connectivity index (χ1) is 13.5. The molecule has 1 aromatic heterocycles. The van der Waals surface area contributed by atoms with E-state index in [0.717, 1.165) is 24.0 Å². The van der Waals surface area contributed by atoms with Crippen molar-refractivity contribution in [3.05, 3.63) is 40.8 Å². The van der Waals surface area contributed by atoms with Gasteiger partial charge in [-0.3, -0.25) is 0 Å². The Balaban J connectivity index is 1.45. The van der Waals surface area contributed by atoms with E-state index in [9.17, 15) is 14.4 Å². The van der Waals surface area contributed by atoms with Crippen LogP contribution in [-0.4, -0.2) is 58.5 Å². The number of urea groups is 1. The number of aromatic nitrogens is 2. The molecular formula is C17H20FN7O3. The highest BCUT2D eigenvalue weighted by atomic mass is 19.1. The summed E-state index contributed by atoms with van der Waals surface area (Å²) in [5, 5.41) is 29.3. The van der Waals surface area contributed by atoms with Crippen molar-refractivity contribution in [3.63, 3.8) is 0 Å². The van der Waals surface area contributed by atoms with Crippen molar-refractivity contribution in [2.45, 2.75) is 24.9 Å². The normalized spacial score (nSPS) is 21.6. The fourth-order valence-electron chi connectivity index (χ4n) is 3.57. The number of amides is 2. The first-order valence-corrected chi connectivity index (χ1v) is 8.90. The molecule has 0 spiro atoms. The summed E-state index contributed by atoms with van der Waals surface area (Å²) in [6, 6.07) is 4.22. The Bertz CT molecular complexity index is 916. The monoisotopic (exact) mass is 389 g/mol. The van der Waals surface area contributed by atoms with Crippen LogP contribution in [0.2, 0.25) is 0 Å². The summed E-state index contributed by atoms with van der Waals surface area (Å²) in [7, 11) is 1.71. The Kier molecular flexibility index (Phi) is 4.72. The summed E-state index contributed by atoms with van der Waals surface area (Å²) in [5.41, 5.74) is 2.07. The number of nitrogens with one attached hydrogen (secondary N) is 3. The summed E-state index contributed by atoms with van der Waals surface area (Å²) in [5.74, 6) is 0.0315. The summed E-state index contributed by atoms with van der Waals surface area (Å²) in [4.78, 5) is 13.1. The third kappa shape index (κ3) is 3.42. The number of aryl methyl sites for hydroxylation is 1. The SMILES string of the molecule is CN1CC(CNc2nonc2C(=NO)NC2CCc3ccc(F)cc32)NC1=O. The maximum absolute atomic E-state index is 13.6. The highest BCUT2D eigenvalue weighted by molar-refractivity contribution is 6.00. The molecule has 4 N–H and O–H groups in total. The van der Waals surface area contributed by atoms with E-state index < -0.39 is 0 Å². The predicted octanol–water partition coefficient (Wildman–Crippen LogP) is 1.06. The van der Waals surface area contributed by atoms with Gasteiger partial charge in [0.05, 0.1) is 12.1 Å². The molecule has 1 fully saturated rings. The number of carbonyl (C=O) groups excluding carboxylic acids is 1. The largest absolute Gasteiger partial charge is 0.409 e. The fraction of sp³-hybridized carbons (Fsp3) is 0.412. The molecule has 0 bridgehead atoms. The predicted molar refractivity (Wildman–Crippen MR) is 96.7 cm³/mol. The number of nitrogens with zero attached hydrogens (tertiary/aromatic N) is 4. The second-order valence-corrected chi connectivity index (χ2v) is 6.90. The van der Waals surface area contributed by atoms with Crippen LogP contribution in [0.3, 0.4) is 0 Å². The number of hydrogen-bond donors (Lipinski definition) is 4. The molecule has 1 aromatic carbocycles. The van der Waals surface area contributed by atoms with E-state index >= 15 is 0 Å². The second-order valence-electron chi connectivity index (χ2n) is 6.90. The molecule has 2 unspecified atom stereocenters. The number of rotatable bonds is 5. The van der Waals surface area contributed by atoms with Gasteiger partial charge < -0.3 is 26.1 Å². The molecule has 2 amide bonds. The van der Waals surface area contributed by atoms with Crippen LogP contribution in [0.1, 0.15) is 29.3 Å². The van der Waals surface area contributed by atoms with Crippen LogP contribution in [0.4, 0.5) is 15.0 Å². The van der Waals surface area contributed by atoms with Gasteiger partial charge in [-0.05, 0) is 46.4 Å². The molecule has 11 heteroatoms. The van der Waals surface area contributed by atoms with Crippen molar-refractivity contribution in [1.29, 1.82) is 0 Å². The summed E-state index contributed by atoms with van der Waals surface area (Å²) >= 11 is 0. The van der Waals surface area contributed by atoms with Crippen molar-refractivity contribution in [3.8, 4) is 0 Å². The maximum Gasteiger partial charge on any atom is 0.317 e. The van der Waals surface area contributed by atoms with Gasteiger partial charge in [-0.1, -0.05) is 11.2 Å². The molecule has 28 heavy (non-hydrogen) atoms.